The van der Waals surface area contributed by atoms with Crippen molar-refractivity contribution in [3.63, 3.8) is 0 Å². The Balaban J connectivity index is 1.55. The number of nitrogens with one attached hydrogen (secondary N) is 1. The number of benzene rings is 3. The van der Waals surface area contributed by atoms with E-state index in [-0.39, 0.29) is 24.2 Å². The van der Waals surface area contributed by atoms with Crippen LogP contribution in [0.2, 0.25) is 0 Å². The molecule has 1 aliphatic heterocycles. The molecule has 0 fully saturated rings. The first-order valence-electron chi connectivity index (χ1n) is 15.1. The average Bonchev–Trinajstić information content (AvgIpc) is 3.38. The molecule has 3 aromatic carbocycles. The third-order valence-electron chi connectivity index (χ3n) is 7.54. The molecule has 45 heavy (non-hydrogen) atoms. The van der Waals surface area contributed by atoms with E-state index in [0.717, 1.165) is 33.4 Å². The molecule has 0 saturated heterocycles. The van der Waals surface area contributed by atoms with Gasteiger partial charge in [-0.2, -0.15) is 0 Å². The second-order valence-electron chi connectivity index (χ2n) is 12.4. The highest BCUT2D eigenvalue weighted by molar-refractivity contribution is 7.84. The van der Waals surface area contributed by atoms with E-state index >= 15 is 0 Å². The molecule has 2 atom stereocenters. The van der Waals surface area contributed by atoms with Gasteiger partial charge in [-0.25, -0.2) is 13.5 Å². The van der Waals surface area contributed by atoms with Crippen LogP contribution in [0.25, 0.3) is 22.4 Å². The molecule has 232 valence electrons. The Kier molecular flexibility index (Phi) is 9.96. The molecule has 2 N–H and O–H groups in total. The Labute approximate surface area is 268 Å². The Morgan fingerprint density at radius 1 is 1.00 bits per heavy atom. The zero-order chi connectivity index (χ0) is 32.1. The van der Waals surface area contributed by atoms with E-state index in [1.54, 1.807) is 6.07 Å². The Bertz CT molecular complexity index is 1750. The predicted octanol–water partition coefficient (Wildman–Crippen LogP) is 6.28. The average molecular weight is 621 g/mol. The van der Waals surface area contributed by atoms with E-state index < -0.39 is 15.7 Å². The van der Waals surface area contributed by atoms with Crippen LogP contribution < -0.4 is 5.32 Å². The molecule has 5 rings (SSSR count). The van der Waals surface area contributed by atoms with Gasteiger partial charge in [0, 0.05) is 35.5 Å². The van der Waals surface area contributed by atoms with Crippen LogP contribution in [0.5, 0.6) is 0 Å². The first-order chi connectivity index (χ1) is 21.5. The largest absolute Gasteiger partial charge is 0.396 e. The first-order valence-corrected chi connectivity index (χ1v) is 16.2. The molecule has 1 amide bonds. The molecule has 1 aromatic heterocycles. The number of anilines is 1. The fourth-order valence-electron chi connectivity index (χ4n) is 5.42. The van der Waals surface area contributed by atoms with Gasteiger partial charge in [0.05, 0.1) is 23.0 Å². The van der Waals surface area contributed by atoms with Gasteiger partial charge in [-0.3, -0.25) is 9.69 Å². The number of aromatic nitrogens is 1. The number of hydrogen-bond donors (Lipinski definition) is 2. The maximum Gasteiger partial charge on any atom is 0.274 e. The molecule has 0 spiro atoms. The molecular weight excluding hydrogens is 580 g/mol. The van der Waals surface area contributed by atoms with Crippen molar-refractivity contribution >= 4 is 22.6 Å². The number of carbonyl (C=O) groups is 1. The van der Waals surface area contributed by atoms with Gasteiger partial charge < -0.3 is 10.4 Å². The maximum atomic E-state index is 13.7. The molecule has 1 aliphatic rings. The third-order valence-corrected chi connectivity index (χ3v) is 9.39. The fourth-order valence-corrected chi connectivity index (χ4v) is 6.82. The molecule has 2 heterocycles. The highest BCUT2D eigenvalue weighted by Gasteiger charge is 2.40. The summed E-state index contributed by atoms with van der Waals surface area (Å²) in [5, 5.41) is 13.1. The lowest BCUT2D eigenvalue weighted by atomic mass is 9.95. The molecule has 0 unspecified atom stereocenters. The van der Waals surface area contributed by atoms with Crippen molar-refractivity contribution < 1.29 is 14.1 Å². The van der Waals surface area contributed by atoms with Crippen molar-refractivity contribution in [1.29, 1.82) is 0 Å². The summed E-state index contributed by atoms with van der Waals surface area (Å²) in [6, 6.07) is 27.1. The summed E-state index contributed by atoms with van der Waals surface area (Å²) in [5.41, 5.74) is 7.15. The quantitative estimate of drug-likeness (QED) is 0.227. The Hall–Kier alpha value is -4.13. The van der Waals surface area contributed by atoms with Crippen molar-refractivity contribution in [1.82, 2.24) is 14.2 Å². The maximum absolute atomic E-state index is 13.7. The number of aliphatic hydroxyl groups is 1. The molecule has 0 aliphatic carbocycles. The minimum absolute atomic E-state index is 0.0708. The van der Waals surface area contributed by atoms with E-state index in [1.165, 1.54) is 0 Å². The molecule has 0 bridgehead atoms. The Morgan fingerprint density at radius 3 is 2.36 bits per heavy atom. The predicted molar refractivity (Wildman–Crippen MR) is 183 cm³/mol. The SMILES string of the molecule is CN(C)CC#Cc1cccc(-c2nc(C(=O)Nc3ccc(-c4ccccc4)cc3)cc3c2[C@@H](CCO)N([S@](=O)C(C)(C)C)C3)c1. The van der Waals surface area contributed by atoms with Gasteiger partial charge in [0.1, 0.15) is 16.7 Å². The van der Waals surface area contributed by atoms with Gasteiger partial charge in [-0.15, -0.1) is 0 Å². The number of fused-ring (bicyclic) bond motifs is 1. The first kappa shape index (κ1) is 32.3. The molecule has 8 heteroatoms. The summed E-state index contributed by atoms with van der Waals surface area (Å²) in [6.07, 6.45) is 0.394. The van der Waals surface area contributed by atoms with Crippen molar-refractivity contribution in [2.75, 3.05) is 32.6 Å². The lowest BCUT2D eigenvalue weighted by molar-refractivity contribution is 0.102. The summed E-state index contributed by atoms with van der Waals surface area (Å²) < 4.78 is 15.1. The number of nitrogens with zero attached hydrogens (tertiary/aromatic N) is 3. The van der Waals surface area contributed by atoms with Crippen molar-refractivity contribution in [3.8, 4) is 34.2 Å². The van der Waals surface area contributed by atoms with Crippen LogP contribution >= 0.6 is 0 Å². The minimum Gasteiger partial charge on any atom is -0.396 e. The normalized spacial score (nSPS) is 15.3. The van der Waals surface area contributed by atoms with Crippen molar-refractivity contribution in [2.24, 2.45) is 0 Å². The number of aliphatic hydroxyl groups excluding tert-OH is 1. The van der Waals surface area contributed by atoms with Crippen molar-refractivity contribution in [3.05, 3.63) is 107 Å². The standard InChI is InChI=1S/C37H40N4O3S/c1-37(2,3)45(44)41-25-30-24-32(36(43)38-31-18-16-28(17-19-31)27-13-7-6-8-14-27)39-35(34(30)33(41)20-22-42)29-15-9-11-26(23-29)12-10-21-40(4)5/h6-9,11,13-19,23-24,33,42H,20-22,25H2,1-5H3,(H,38,43)/t33-,45-/m1/s1. The molecule has 0 radical (unpaired) electrons. The van der Waals surface area contributed by atoms with Crippen LogP contribution in [0.15, 0.2) is 84.9 Å². The van der Waals surface area contributed by atoms with Gasteiger partial charge in [0.25, 0.3) is 5.91 Å². The van der Waals surface area contributed by atoms with E-state index in [1.807, 2.05) is 123 Å². The van der Waals surface area contributed by atoms with Gasteiger partial charge in [-0.1, -0.05) is 66.4 Å². The zero-order valence-electron chi connectivity index (χ0n) is 26.5. The van der Waals surface area contributed by atoms with E-state index in [2.05, 4.69) is 17.2 Å². The summed E-state index contributed by atoms with van der Waals surface area (Å²) in [6.45, 7) is 6.77. The van der Waals surface area contributed by atoms with E-state index in [4.69, 9.17) is 4.98 Å². The van der Waals surface area contributed by atoms with Crippen LogP contribution in [0, 0.1) is 11.8 Å². The lowest BCUT2D eigenvalue weighted by Gasteiger charge is -2.30. The summed E-state index contributed by atoms with van der Waals surface area (Å²) in [7, 11) is 2.60. The van der Waals surface area contributed by atoms with Gasteiger partial charge >= 0.3 is 0 Å². The number of hydrogen-bond acceptors (Lipinski definition) is 5. The number of pyridine rings is 1. The molecule has 0 saturated carbocycles. The van der Waals surface area contributed by atoms with Gasteiger partial charge in [-0.05, 0) is 88.3 Å². The summed E-state index contributed by atoms with van der Waals surface area (Å²) in [4.78, 5) is 20.6. The highest BCUT2D eigenvalue weighted by atomic mass is 32.2. The van der Waals surface area contributed by atoms with E-state index in [0.29, 0.717) is 30.9 Å². The molecule has 4 aromatic rings. The number of rotatable bonds is 8. The van der Waals surface area contributed by atoms with Crippen LogP contribution in [0.3, 0.4) is 0 Å². The second kappa shape index (κ2) is 13.9. The summed E-state index contributed by atoms with van der Waals surface area (Å²) in [5.74, 6) is 6.08. The highest BCUT2D eigenvalue weighted by Crippen LogP contribution is 2.44. The van der Waals surface area contributed by atoms with E-state index in [9.17, 15) is 14.1 Å². The monoisotopic (exact) mass is 620 g/mol. The zero-order valence-corrected chi connectivity index (χ0v) is 27.3. The van der Waals surface area contributed by atoms with Gasteiger partial charge in [0.15, 0.2) is 0 Å². The number of amides is 1. The lowest BCUT2D eigenvalue weighted by Crippen LogP contribution is -2.36. The Morgan fingerprint density at radius 2 is 1.69 bits per heavy atom. The topological polar surface area (TPSA) is 85.8 Å². The van der Waals surface area contributed by atoms with Crippen LogP contribution in [0.1, 0.15) is 60.4 Å². The second-order valence-corrected chi connectivity index (χ2v) is 14.6. The van der Waals surface area contributed by atoms with Crippen LogP contribution in [-0.4, -0.2) is 61.4 Å². The van der Waals surface area contributed by atoms with Crippen LogP contribution in [0.4, 0.5) is 5.69 Å². The van der Waals surface area contributed by atoms with Gasteiger partial charge in [0.2, 0.25) is 0 Å². The third kappa shape index (κ3) is 7.58. The van der Waals surface area contributed by atoms with Crippen molar-refractivity contribution in [2.45, 2.75) is 44.5 Å². The minimum atomic E-state index is -1.35. The fraction of sp³-hybridized carbons (Fsp3) is 0.297. The molecule has 7 nitrogen and oxygen atoms in total. The summed E-state index contributed by atoms with van der Waals surface area (Å²) >= 11 is 0. The van der Waals surface area contributed by atoms with Crippen LogP contribution in [-0.2, 0) is 17.5 Å². The molecular formula is C37H40N4O3S. The smallest absolute Gasteiger partial charge is 0.274 e. The number of carbonyl (C=O) groups excluding carboxylic acids is 1.